The first-order chi connectivity index (χ1) is 16.0. The van der Waals surface area contributed by atoms with Crippen LogP contribution in [0.4, 0.5) is 5.69 Å². The molecule has 2 heterocycles. The maximum absolute atomic E-state index is 13.3. The lowest BCUT2D eigenvalue weighted by Gasteiger charge is -2.14. The van der Waals surface area contributed by atoms with Crippen molar-refractivity contribution < 1.29 is 14.3 Å². The molecule has 1 aliphatic heterocycles. The number of hydrogen-bond acceptors (Lipinski definition) is 6. The number of para-hydroxylation sites is 1. The van der Waals surface area contributed by atoms with Gasteiger partial charge in [-0.05, 0) is 42.5 Å². The van der Waals surface area contributed by atoms with Gasteiger partial charge < -0.3 is 14.8 Å². The number of carbonyl (C=O) groups is 1. The van der Waals surface area contributed by atoms with Gasteiger partial charge in [-0.2, -0.15) is 0 Å². The minimum atomic E-state index is -0.266. The molecule has 1 aliphatic rings. The average molecular weight is 500 g/mol. The molecule has 0 saturated carbocycles. The molecule has 1 aromatic heterocycles. The van der Waals surface area contributed by atoms with E-state index in [0.29, 0.717) is 49.0 Å². The smallest absolute Gasteiger partial charge is 0.266 e. The highest BCUT2D eigenvalue weighted by Gasteiger charge is 2.17. The van der Waals surface area contributed by atoms with Gasteiger partial charge in [-0.1, -0.05) is 47.1 Å². The van der Waals surface area contributed by atoms with E-state index >= 15 is 0 Å². The van der Waals surface area contributed by atoms with Crippen LogP contribution < -0.4 is 20.3 Å². The molecule has 1 amide bonds. The molecule has 0 spiro atoms. The van der Waals surface area contributed by atoms with Crippen molar-refractivity contribution in [2.24, 2.45) is 0 Å². The van der Waals surface area contributed by atoms with E-state index in [2.05, 4.69) is 10.3 Å². The van der Waals surface area contributed by atoms with E-state index in [9.17, 15) is 9.59 Å². The van der Waals surface area contributed by atoms with Crippen molar-refractivity contribution >= 4 is 57.5 Å². The molecule has 0 fully saturated rings. The second-order valence-corrected chi connectivity index (χ2v) is 8.81. The Kier molecular flexibility index (Phi) is 5.88. The fourth-order valence-corrected chi connectivity index (χ4v) is 4.47. The van der Waals surface area contributed by atoms with Crippen LogP contribution >= 0.6 is 35.0 Å². The maximum atomic E-state index is 13.3. The Morgan fingerprint density at radius 1 is 1.03 bits per heavy atom. The molecule has 3 aromatic carbocycles. The zero-order valence-electron chi connectivity index (χ0n) is 16.9. The fraction of sp³-hybridized carbons (Fsp3) is 0.0870. The number of anilines is 1. The summed E-state index contributed by atoms with van der Waals surface area (Å²) in [7, 11) is 0. The highest BCUT2D eigenvalue weighted by Crippen LogP contribution is 2.34. The second-order valence-electron chi connectivity index (χ2n) is 7.06. The summed E-state index contributed by atoms with van der Waals surface area (Å²) in [6, 6.07) is 17.1. The van der Waals surface area contributed by atoms with Gasteiger partial charge in [0.1, 0.15) is 0 Å². The molecule has 10 heteroatoms. The van der Waals surface area contributed by atoms with Crippen LogP contribution in [0.2, 0.25) is 10.0 Å². The van der Waals surface area contributed by atoms with Crippen molar-refractivity contribution in [3.05, 3.63) is 81.1 Å². The van der Waals surface area contributed by atoms with Gasteiger partial charge in [-0.25, -0.2) is 4.98 Å². The number of nitrogens with one attached hydrogen (secondary N) is 1. The van der Waals surface area contributed by atoms with E-state index in [-0.39, 0.29) is 24.0 Å². The highest BCUT2D eigenvalue weighted by atomic mass is 35.5. The summed E-state index contributed by atoms with van der Waals surface area (Å²) < 4.78 is 12.1. The summed E-state index contributed by atoms with van der Waals surface area (Å²) in [5.74, 6) is 0.973. The van der Waals surface area contributed by atoms with Crippen LogP contribution in [-0.4, -0.2) is 28.0 Å². The molecule has 33 heavy (non-hydrogen) atoms. The predicted octanol–water partition coefficient (Wildman–Crippen LogP) is 5.15. The summed E-state index contributed by atoms with van der Waals surface area (Å²) in [6.45, 7) is 0.155. The van der Waals surface area contributed by atoms with Crippen LogP contribution in [0.1, 0.15) is 0 Å². The normalized spacial score (nSPS) is 12.2. The number of carbonyl (C=O) groups excluding carboxylic acids is 1. The topological polar surface area (TPSA) is 82.5 Å². The average Bonchev–Trinajstić information content (AvgIpc) is 3.28. The van der Waals surface area contributed by atoms with E-state index in [4.69, 9.17) is 32.7 Å². The molecule has 0 unspecified atom stereocenters. The van der Waals surface area contributed by atoms with Crippen molar-refractivity contribution in [1.29, 1.82) is 0 Å². The molecular weight excluding hydrogens is 485 g/mol. The van der Waals surface area contributed by atoms with Gasteiger partial charge in [0, 0.05) is 11.8 Å². The van der Waals surface area contributed by atoms with Gasteiger partial charge in [0.25, 0.3) is 5.56 Å². The minimum absolute atomic E-state index is 0.0283. The molecule has 4 aromatic rings. The quantitative estimate of drug-likeness (QED) is 0.302. The number of hydrogen-bond donors (Lipinski definition) is 1. The van der Waals surface area contributed by atoms with Crippen LogP contribution in [-0.2, 0) is 4.79 Å². The predicted molar refractivity (Wildman–Crippen MR) is 129 cm³/mol. The number of halogens is 2. The molecule has 166 valence electrons. The molecule has 0 aliphatic carbocycles. The van der Waals surface area contributed by atoms with Crippen LogP contribution in [0.3, 0.4) is 0 Å². The number of ether oxygens (including phenoxy) is 2. The minimum Gasteiger partial charge on any atom is -0.454 e. The van der Waals surface area contributed by atoms with E-state index in [1.165, 1.54) is 4.57 Å². The number of thioether (sulfide) groups is 1. The lowest BCUT2D eigenvalue weighted by atomic mass is 10.2. The van der Waals surface area contributed by atoms with Gasteiger partial charge in [0.15, 0.2) is 16.7 Å². The van der Waals surface area contributed by atoms with Crippen molar-refractivity contribution in [2.75, 3.05) is 17.9 Å². The van der Waals surface area contributed by atoms with Gasteiger partial charge in [-0.3, -0.25) is 14.2 Å². The van der Waals surface area contributed by atoms with E-state index in [0.717, 1.165) is 11.8 Å². The number of amides is 1. The highest BCUT2D eigenvalue weighted by molar-refractivity contribution is 7.99. The monoisotopic (exact) mass is 499 g/mol. The molecular formula is C23H15Cl2N3O4S. The van der Waals surface area contributed by atoms with Crippen LogP contribution in [0.15, 0.2) is 70.6 Å². The van der Waals surface area contributed by atoms with Crippen molar-refractivity contribution in [1.82, 2.24) is 9.55 Å². The summed E-state index contributed by atoms with van der Waals surface area (Å²) in [5, 5.41) is 4.32. The molecule has 0 saturated heterocycles. The molecule has 0 radical (unpaired) electrons. The Labute approximate surface area is 202 Å². The first-order valence-electron chi connectivity index (χ1n) is 9.79. The van der Waals surface area contributed by atoms with Gasteiger partial charge in [0.05, 0.1) is 32.4 Å². The molecule has 5 rings (SSSR count). The number of nitrogens with zero attached hydrogens (tertiary/aromatic N) is 2. The van der Waals surface area contributed by atoms with Gasteiger partial charge in [-0.15, -0.1) is 0 Å². The summed E-state index contributed by atoms with van der Waals surface area (Å²) in [4.78, 5) is 30.5. The Bertz CT molecular complexity index is 1460. The molecule has 0 atom stereocenters. The van der Waals surface area contributed by atoms with E-state index in [1.807, 2.05) is 0 Å². The Morgan fingerprint density at radius 3 is 2.70 bits per heavy atom. The van der Waals surface area contributed by atoms with Gasteiger partial charge >= 0.3 is 0 Å². The largest absolute Gasteiger partial charge is 0.454 e. The standard InChI is InChI=1S/C23H15Cl2N3O4S/c24-16-7-6-14(10-17(16)25)28-22(30)15-3-1-2-4-18(15)27-23(28)33-11-21(29)26-13-5-8-19-20(9-13)32-12-31-19/h1-10H,11-12H2,(H,26,29). The molecule has 7 nitrogen and oxygen atoms in total. The second kappa shape index (κ2) is 8.97. The summed E-state index contributed by atoms with van der Waals surface area (Å²) in [6.07, 6.45) is 0. The zero-order chi connectivity index (χ0) is 22.9. The van der Waals surface area contributed by atoms with Gasteiger partial charge in [0.2, 0.25) is 12.7 Å². The van der Waals surface area contributed by atoms with Crippen LogP contribution in [0.5, 0.6) is 11.5 Å². The van der Waals surface area contributed by atoms with E-state index < -0.39 is 0 Å². The summed E-state index contributed by atoms with van der Waals surface area (Å²) >= 11 is 13.4. The fourth-order valence-electron chi connectivity index (χ4n) is 3.36. The van der Waals surface area contributed by atoms with E-state index in [1.54, 1.807) is 60.7 Å². The Hall–Kier alpha value is -3.20. The lowest BCUT2D eigenvalue weighted by molar-refractivity contribution is -0.113. The Morgan fingerprint density at radius 2 is 1.85 bits per heavy atom. The first kappa shape index (κ1) is 21.6. The third-order valence-corrected chi connectivity index (χ3v) is 6.57. The Balaban J connectivity index is 1.45. The SMILES string of the molecule is O=C(CSc1nc2ccccc2c(=O)n1-c1ccc(Cl)c(Cl)c1)Nc1ccc2c(c1)OCO2. The van der Waals surface area contributed by atoms with Crippen molar-refractivity contribution in [2.45, 2.75) is 5.16 Å². The first-order valence-corrected chi connectivity index (χ1v) is 11.5. The zero-order valence-corrected chi connectivity index (χ0v) is 19.2. The summed E-state index contributed by atoms with van der Waals surface area (Å²) in [5.41, 5.74) is 1.36. The number of aromatic nitrogens is 2. The van der Waals surface area contributed by atoms with Crippen LogP contribution in [0.25, 0.3) is 16.6 Å². The number of fused-ring (bicyclic) bond motifs is 2. The third kappa shape index (κ3) is 4.37. The van der Waals surface area contributed by atoms with Crippen molar-refractivity contribution in [3.63, 3.8) is 0 Å². The maximum Gasteiger partial charge on any atom is 0.266 e. The molecule has 1 N–H and O–H groups in total. The molecule has 0 bridgehead atoms. The number of benzene rings is 3. The van der Waals surface area contributed by atoms with Crippen molar-refractivity contribution in [3.8, 4) is 17.2 Å². The lowest BCUT2D eigenvalue weighted by Crippen LogP contribution is -2.23. The third-order valence-electron chi connectivity index (χ3n) is 4.90. The number of rotatable bonds is 5. The van der Waals surface area contributed by atoms with Crippen LogP contribution in [0, 0.1) is 0 Å².